The summed E-state index contributed by atoms with van der Waals surface area (Å²) >= 11 is 3.90. The standard InChI is InChI=1S/C14H19IN4S/c1-5-6-16-13-10(15)11(14(2,3)4)18-12(19-13)9-7-20-8-17-9/h7-8H,5-6H2,1-4H3,(H,16,18,19). The van der Waals surface area contributed by atoms with Gasteiger partial charge in [0, 0.05) is 17.3 Å². The van der Waals surface area contributed by atoms with Crippen LogP contribution in [0.2, 0.25) is 0 Å². The Balaban J connectivity index is 2.54. The van der Waals surface area contributed by atoms with E-state index in [1.807, 2.05) is 10.9 Å². The van der Waals surface area contributed by atoms with Crippen LogP contribution in [0.3, 0.4) is 0 Å². The zero-order valence-electron chi connectivity index (χ0n) is 12.2. The summed E-state index contributed by atoms with van der Waals surface area (Å²) in [5.41, 5.74) is 3.70. The maximum atomic E-state index is 4.74. The predicted octanol–water partition coefficient (Wildman–Crippen LogP) is 4.32. The molecule has 108 valence electrons. The molecule has 4 nitrogen and oxygen atoms in total. The van der Waals surface area contributed by atoms with Crippen molar-refractivity contribution in [2.45, 2.75) is 39.5 Å². The first kappa shape index (κ1) is 15.6. The molecule has 0 aromatic carbocycles. The van der Waals surface area contributed by atoms with Gasteiger partial charge in [0.1, 0.15) is 11.5 Å². The minimum Gasteiger partial charge on any atom is -0.369 e. The molecule has 0 unspecified atom stereocenters. The van der Waals surface area contributed by atoms with Crippen molar-refractivity contribution < 1.29 is 0 Å². The lowest BCUT2D eigenvalue weighted by molar-refractivity contribution is 0.564. The van der Waals surface area contributed by atoms with Crippen molar-refractivity contribution in [3.05, 3.63) is 20.2 Å². The normalized spacial score (nSPS) is 11.7. The maximum Gasteiger partial charge on any atom is 0.181 e. The van der Waals surface area contributed by atoms with E-state index in [1.54, 1.807) is 11.3 Å². The fourth-order valence-electron chi connectivity index (χ4n) is 1.74. The number of thiazole rings is 1. The lowest BCUT2D eigenvalue weighted by Gasteiger charge is -2.21. The largest absolute Gasteiger partial charge is 0.369 e. The minimum absolute atomic E-state index is 0.0210. The van der Waals surface area contributed by atoms with Crippen molar-refractivity contribution in [1.82, 2.24) is 15.0 Å². The number of nitrogens with one attached hydrogen (secondary N) is 1. The van der Waals surface area contributed by atoms with Crippen molar-refractivity contribution in [2.24, 2.45) is 0 Å². The Labute approximate surface area is 137 Å². The smallest absolute Gasteiger partial charge is 0.181 e. The van der Waals surface area contributed by atoms with E-state index in [9.17, 15) is 0 Å². The van der Waals surface area contributed by atoms with Gasteiger partial charge in [0.15, 0.2) is 5.82 Å². The Morgan fingerprint density at radius 3 is 2.60 bits per heavy atom. The van der Waals surface area contributed by atoms with Crippen LogP contribution in [0.4, 0.5) is 5.82 Å². The van der Waals surface area contributed by atoms with Crippen molar-refractivity contribution in [2.75, 3.05) is 11.9 Å². The lowest BCUT2D eigenvalue weighted by atomic mass is 9.92. The van der Waals surface area contributed by atoms with Crippen LogP contribution in [-0.4, -0.2) is 21.5 Å². The molecule has 0 aliphatic carbocycles. The molecule has 20 heavy (non-hydrogen) atoms. The van der Waals surface area contributed by atoms with Crippen LogP contribution in [0, 0.1) is 3.57 Å². The van der Waals surface area contributed by atoms with Crippen LogP contribution in [-0.2, 0) is 5.41 Å². The molecule has 2 heterocycles. The molecular weight excluding hydrogens is 383 g/mol. The third kappa shape index (κ3) is 3.46. The molecule has 0 fully saturated rings. The van der Waals surface area contributed by atoms with Crippen LogP contribution >= 0.6 is 33.9 Å². The highest BCUT2D eigenvalue weighted by Crippen LogP contribution is 2.31. The summed E-state index contributed by atoms with van der Waals surface area (Å²) in [6.45, 7) is 9.57. The number of halogens is 1. The van der Waals surface area contributed by atoms with Crippen molar-refractivity contribution >= 4 is 39.7 Å². The van der Waals surface area contributed by atoms with E-state index >= 15 is 0 Å². The molecule has 2 rings (SSSR count). The number of hydrogen-bond acceptors (Lipinski definition) is 5. The second kappa shape index (κ2) is 6.34. The molecule has 1 N–H and O–H groups in total. The van der Waals surface area contributed by atoms with Gasteiger partial charge in [-0.25, -0.2) is 15.0 Å². The van der Waals surface area contributed by atoms with E-state index < -0.39 is 0 Å². The van der Waals surface area contributed by atoms with Gasteiger partial charge in [-0.1, -0.05) is 27.7 Å². The molecule has 6 heteroatoms. The molecule has 0 aliphatic rings. The number of anilines is 1. The Kier molecular flexibility index (Phi) is 4.95. The Morgan fingerprint density at radius 1 is 1.30 bits per heavy atom. The Hall–Kier alpha value is -0.760. The number of aromatic nitrogens is 3. The minimum atomic E-state index is -0.0210. The maximum absolute atomic E-state index is 4.74. The zero-order chi connectivity index (χ0) is 14.8. The van der Waals surface area contributed by atoms with E-state index in [4.69, 9.17) is 4.98 Å². The van der Waals surface area contributed by atoms with Gasteiger partial charge in [0.2, 0.25) is 0 Å². The highest BCUT2D eigenvalue weighted by atomic mass is 127. The number of rotatable bonds is 4. The van der Waals surface area contributed by atoms with E-state index in [-0.39, 0.29) is 5.41 Å². The molecule has 0 amide bonds. The van der Waals surface area contributed by atoms with Crippen molar-refractivity contribution in [1.29, 1.82) is 0 Å². The Morgan fingerprint density at radius 2 is 2.05 bits per heavy atom. The van der Waals surface area contributed by atoms with Crippen molar-refractivity contribution in [3.63, 3.8) is 0 Å². The molecule has 2 aromatic rings. The summed E-state index contributed by atoms with van der Waals surface area (Å²) in [7, 11) is 0. The SMILES string of the molecule is CCCNc1nc(-c2cscn2)nc(C(C)(C)C)c1I. The summed E-state index contributed by atoms with van der Waals surface area (Å²) in [4.78, 5) is 13.7. The van der Waals surface area contributed by atoms with Gasteiger partial charge in [0.05, 0.1) is 14.8 Å². The first-order valence-electron chi connectivity index (χ1n) is 6.64. The van der Waals surface area contributed by atoms with Gasteiger partial charge in [0.25, 0.3) is 0 Å². The fraction of sp³-hybridized carbons (Fsp3) is 0.500. The average molecular weight is 402 g/mol. The second-order valence-electron chi connectivity index (χ2n) is 5.61. The van der Waals surface area contributed by atoms with E-state index in [0.29, 0.717) is 5.82 Å². The van der Waals surface area contributed by atoms with Gasteiger partial charge in [-0.3, -0.25) is 0 Å². The summed E-state index contributed by atoms with van der Waals surface area (Å²) in [6.07, 6.45) is 1.07. The quantitative estimate of drug-likeness (QED) is 0.774. The topological polar surface area (TPSA) is 50.7 Å². The molecule has 0 spiro atoms. The van der Waals surface area contributed by atoms with Crippen LogP contribution < -0.4 is 5.32 Å². The van der Waals surface area contributed by atoms with Gasteiger partial charge < -0.3 is 5.32 Å². The third-order valence-electron chi connectivity index (χ3n) is 2.77. The van der Waals surface area contributed by atoms with Crippen LogP contribution in [0.25, 0.3) is 11.5 Å². The van der Waals surface area contributed by atoms with Crippen LogP contribution in [0.1, 0.15) is 39.8 Å². The van der Waals surface area contributed by atoms with Gasteiger partial charge in [-0.15, -0.1) is 11.3 Å². The first-order valence-corrected chi connectivity index (χ1v) is 8.66. The highest BCUT2D eigenvalue weighted by Gasteiger charge is 2.23. The number of nitrogens with zero attached hydrogens (tertiary/aromatic N) is 3. The molecule has 0 saturated heterocycles. The monoisotopic (exact) mass is 402 g/mol. The van der Waals surface area contributed by atoms with E-state index in [0.717, 1.165) is 33.7 Å². The van der Waals surface area contributed by atoms with Crippen molar-refractivity contribution in [3.8, 4) is 11.5 Å². The molecule has 0 bridgehead atoms. The fourth-order valence-corrected chi connectivity index (χ4v) is 3.51. The summed E-state index contributed by atoms with van der Waals surface area (Å²) in [5.74, 6) is 1.62. The zero-order valence-corrected chi connectivity index (χ0v) is 15.2. The lowest BCUT2D eigenvalue weighted by Crippen LogP contribution is -2.19. The highest BCUT2D eigenvalue weighted by molar-refractivity contribution is 14.1. The second-order valence-corrected chi connectivity index (χ2v) is 7.41. The molecule has 0 saturated carbocycles. The Bertz CT molecular complexity index is 576. The van der Waals surface area contributed by atoms with Gasteiger partial charge >= 0.3 is 0 Å². The molecule has 2 aromatic heterocycles. The summed E-state index contributed by atoms with van der Waals surface area (Å²) < 4.78 is 1.10. The van der Waals surface area contributed by atoms with Gasteiger partial charge in [-0.2, -0.15) is 0 Å². The third-order valence-corrected chi connectivity index (χ3v) is 4.37. The molecule has 0 atom stereocenters. The summed E-state index contributed by atoms with van der Waals surface area (Å²) in [6, 6.07) is 0. The average Bonchev–Trinajstić information content (AvgIpc) is 2.90. The molecule has 0 radical (unpaired) electrons. The van der Waals surface area contributed by atoms with Crippen LogP contribution in [0.15, 0.2) is 10.9 Å². The van der Waals surface area contributed by atoms with Crippen LogP contribution in [0.5, 0.6) is 0 Å². The first-order chi connectivity index (χ1) is 9.43. The predicted molar refractivity (Wildman–Crippen MR) is 93.3 cm³/mol. The number of hydrogen-bond donors (Lipinski definition) is 1. The van der Waals surface area contributed by atoms with E-state index in [2.05, 4.69) is 65.6 Å². The molecule has 0 aliphatic heterocycles. The molecular formula is C14H19IN4S. The van der Waals surface area contributed by atoms with Gasteiger partial charge in [-0.05, 0) is 29.0 Å². The van der Waals surface area contributed by atoms with E-state index in [1.165, 1.54) is 0 Å². The summed E-state index contributed by atoms with van der Waals surface area (Å²) in [5, 5.41) is 5.38.